The quantitative estimate of drug-likeness (QED) is 0.138. The number of ketones is 4. The number of benzene rings is 4. The van der Waals surface area contributed by atoms with Crippen molar-refractivity contribution in [2.45, 2.75) is 209 Å². The van der Waals surface area contributed by atoms with E-state index in [0.29, 0.717) is 23.0 Å². The summed E-state index contributed by atoms with van der Waals surface area (Å²) in [5.74, 6) is 1.76. The largest absolute Gasteiger partial charge is 0.485 e. The van der Waals surface area contributed by atoms with Crippen molar-refractivity contribution in [3.05, 3.63) is 115 Å². The molecule has 1 aliphatic carbocycles. The van der Waals surface area contributed by atoms with Gasteiger partial charge in [-0.2, -0.15) is 0 Å². The molecular formula is C64H88O8. The molecule has 0 aliphatic heterocycles. The fraction of sp³-hybridized carbons (Fsp3) is 0.562. The number of ether oxygens (including phenoxy) is 4. The van der Waals surface area contributed by atoms with Crippen LogP contribution in [0.25, 0.3) is 0 Å². The number of carbonyl (C=O) groups excluding carboxylic acids is 4. The van der Waals surface area contributed by atoms with Gasteiger partial charge in [0.05, 0.1) is 0 Å². The van der Waals surface area contributed by atoms with Crippen LogP contribution in [0, 0.1) is 0 Å². The molecule has 4 aromatic carbocycles. The highest BCUT2D eigenvalue weighted by Crippen LogP contribution is 2.57. The molecule has 0 unspecified atom stereocenters. The molecule has 0 aromatic heterocycles. The van der Waals surface area contributed by atoms with Crippen LogP contribution in [0.5, 0.6) is 23.0 Å². The molecule has 72 heavy (non-hydrogen) atoms. The van der Waals surface area contributed by atoms with Crippen LogP contribution in [0.2, 0.25) is 0 Å². The predicted octanol–water partition coefficient (Wildman–Crippen LogP) is 14.4. The molecule has 0 heterocycles. The maximum absolute atomic E-state index is 13.2. The van der Waals surface area contributed by atoms with Gasteiger partial charge < -0.3 is 18.9 Å². The highest BCUT2D eigenvalue weighted by Gasteiger charge is 2.45. The van der Waals surface area contributed by atoms with Crippen LogP contribution >= 0.6 is 0 Å². The summed E-state index contributed by atoms with van der Waals surface area (Å²) in [6.45, 7) is 49.3. The molecule has 8 heteroatoms. The first-order chi connectivity index (χ1) is 32.5. The maximum Gasteiger partial charge on any atom is 0.167 e. The standard InChI is InChI=1S/C64H88O8/c1-37(65)33-69-53-45-25-41(57(5,6)7)26-46(53)62(19,20)48-28-43(59(11,12)13)30-50(55(48)71-35-39(3)67)64(23,24)52-32-44(60(14,15)16)31-51(56(52)72-36-40(4)68)63(21,22)49-29-42(58(8,9)10)27-47(61(45,17)18)54(49)70-34-38(2)66/h25-32H,33-36H2,1-24H3. The number of fused-ring (bicyclic) bond motifs is 8. The van der Waals surface area contributed by atoms with E-state index in [0.717, 1.165) is 66.8 Å². The van der Waals surface area contributed by atoms with E-state index in [4.69, 9.17) is 18.9 Å². The number of rotatable bonds is 12. The molecular weight excluding hydrogens is 897 g/mol. The summed E-state index contributed by atoms with van der Waals surface area (Å²) in [5.41, 5.74) is 5.84. The van der Waals surface area contributed by atoms with Crippen molar-refractivity contribution >= 4 is 23.1 Å². The summed E-state index contributed by atoms with van der Waals surface area (Å²) in [6.07, 6.45) is 0. The molecule has 0 saturated carbocycles. The van der Waals surface area contributed by atoms with Gasteiger partial charge in [-0.05, 0) is 71.6 Å². The van der Waals surface area contributed by atoms with E-state index < -0.39 is 21.7 Å². The van der Waals surface area contributed by atoms with Crippen LogP contribution in [-0.2, 0) is 62.5 Å². The third kappa shape index (κ3) is 11.6. The summed E-state index contributed by atoms with van der Waals surface area (Å²) in [4.78, 5) is 52.8. The average Bonchev–Trinajstić information content (AvgIpc) is 3.22. The molecule has 5 rings (SSSR count). The smallest absolute Gasteiger partial charge is 0.167 e. The Kier molecular flexibility index (Phi) is 15.7. The molecule has 4 aromatic rings. The summed E-state index contributed by atoms with van der Waals surface area (Å²) in [6, 6.07) is 17.8. The third-order valence-corrected chi connectivity index (χ3v) is 14.9. The van der Waals surface area contributed by atoms with Crippen molar-refractivity contribution < 1.29 is 38.1 Å². The van der Waals surface area contributed by atoms with Gasteiger partial charge in [0.15, 0.2) is 23.1 Å². The maximum atomic E-state index is 13.2. The SMILES string of the molecule is CC(=O)COc1c2cc(C(C)(C)C)cc1C(C)(C)c1cc(C(C)(C)C)cc(c1OCC(C)=O)C(C)(C)c1cc(C(C)(C)C)cc(c1OCC(C)=O)C(C)(C)c1cc(C(C)(C)C)cc(c1OCC(C)=O)C2(C)C. The van der Waals surface area contributed by atoms with E-state index in [9.17, 15) is 19.2 Å². The number of hydrogen-bond donors (Lipinski definition) is 0. The molecule has 0 saturated heterocycles. The Balaban J connectivity index is 2.33. The molecule has 0 amide bonds. The summed E-state index contributed by atoms with van der Waals surface area (Å²) >= 11 is 0. The Morgan fingerprint density at radius 3 is 0.528 bits per heavy atom. The second-order valence-electron chi connectivity index (χ2n) is 27.1. The first kappa shape index (κ1) is 57.7. The number of Topliss-reactive ketones (excluding diaryl/α,β-unsaturated/α-hetero) is 4. The third-order valence-electron chi connectivity index (χ3n) is 14.9. The lowest BCUT2D eigenvalue weighted by Gasteiger charge is -2.42. The Morgan fingerprint density at radius 2 is 0.431 bits per heavy atom. The second-order valence-corrected chi connectivity index (χ2v) is 27.1. The van der Waals surface area contributed by atoms with E-state index in [1.54, 1.807) is 0 Å². The van der Waals surface area contributed by atoms with Crippen LogP contribution < -0.4 is 18.9 Å². The normalized spacial score (nSPS) is 16.1. The lowest BCUT2D eigenvalue weighted by Crippen LogP contribution is -2.33. The van der Waals surface area contributed by atoms with Gasteiger partial charge in [0.1, 0.15) is 49.4 Å². The monoisotopic (exact) mass is 985 g/mol. The van der Waals surface area contributed by atoms with Crippen LogP contribution in [0.3, 0.4) is 0 Å². The Hall–Kier alpha value is -5.24. The van der Waals surface area contributed by atoms with Crippen LogP contribution in [0.15, 0.2) is 48.5 Å². The summed E-state index contributed by atoms with van der Waals surface area (Å²) < 4.78 is 27.9. The van der Waals surface area contributed by atoms with Gasteiger partial charge in [0.25, 0.3) is 0 Å². The Bertz CT molecular complexity index is 2290. The summed E-state index contributed by atoms with van der Waals surface area (Å²) in [5, 5.41) is 0. The first-order valence-electron chi connectivity index (χ1n) is 25.8. The molecule has 8 nitrogen and oxygen atoms in total. The van der Waals surface area contributed by atoms with Gasteiger partial charge in [0, 0.05) is 66.2 Å². The average molecular weight is 985 g/mol. The van der Waals surface area contributed by atoms with Gasteiger partial charge in [-0.25, -0.2) is 0 Å². The van der Waals surface area contributed by atoms with Gasteiger partial charge in [0.2, 0.25) is 0 Å². The van der Waals surface area contributed by atoms with Crippen LogP contribution in [0.4, 0.5) is 0 Å². The Labute approximate surface area is 433 Å². The molecule has 392 valence electrons. The Morgan fingerprint density at radius 1 is 0.306 bits per heavy atom. The van der Waals surface area contributed by atoms with Crippen molar-refractivity contribution in [1.82, 2.24) is 0 Å². The minimum atomic E-state index is -0.922. The minimum absolute atomic E-state index is 0.128. The van der Waals surface area contributed by atoms with Gasteiger partial charge >= 0.3 is 0 Å². The molecule has 0 radical (unpaired) electrons. The fourth-order valence-corrected chi connectivity index (χ4v) is 9.86. The molecule has 1 aliphatic rings. The van der Waals surface area contributed by atoms with Gasteiger partial charge in [-0.15, -0.1) is 0 Å². The van der Waals surface area contributed by atoms with Crippen molar-refractivity contribution in [3.8, 4) is 23.0 Å². The lowest BCUT2D eigenvalue weighted by atomic mass is 9.64. The van der Waals surface area contributed by atoms with Crippen molar-refractivity contribution in [1.29, 1.82) is 0 Å². The van der Waals surface area contributed by atoms with Crippen LogP contribution in [-0.4, -0.2) is 49.6 Å². The lowest BCUT2D eigenvalue weighted by molar-refractivity contribution is -0.119. The summed E-state index contributed by atoms with van der Waals surface area (Å²) in [7, 11) is 0. The van der Waals surface area contributed by atoms with E-state index in [1.165, 1.54) is 27.7 Å². The first-order valence-corrected chi connectivity index (χ1v) is 25.8. The van der Waals surface area contributed by atoms with Crippen LogP contribution in [0.1, 0.15) is 233 Å². The number of hydrogen-bond acceptors (Lipinski definition) is 8. The zero-order valence-electron chi connectivity index (χ0n) is 48.7. The molecule has 0 spiro atoms. The molecule has 8 bridgehead atoms. The second kappa shape index (κ2) is 19.6. The fourth-order valence-electron chi connectivity index (χ4n) is 9.86. The van der Waals surface area contributed by atoms with Crippen molar-refractivity contribution in [2.24, 2.45) is 0 Å². The van der Waals surface area contributed by atoms with Gasteiger partial charge in [-0.1, -0.05) is 187 Å². The topological polar surface area (TPSA) is 105 Å². The zero-order chi connectivity index (χ0) is 54.9. The molecule has 0 fully saturated rings. The van der Waals surface area contributed by atoms with E-state index in [1.807, 2.05) is 0 Å². The van der Waals surface area contributed by atoms with E-state index >= 15 is 0 Å². The van der Waals surface area contributed by atoms with Crippen molar-refractivity contribution in [2.75, 3.05) is 26.4 Å². The minimum Gasteiger partial charge on any atom is -0.485 e. The zero-order valence-corrected chi connectivity index (χ0v) is 48.7. The highest BCUT2D eigenvalue weighted by atomic mass is 16.5. The molecule has 0 N–H and O–H groups in total. The van der Waals surface area contributed by atoms with Crippen molar-refractivity contribution in [3.63, 3.8) is 0 Å². The highest BCUT2D eigenvalue weighted by molar-refractivity contribution is 5.79. The predicted molar refractivity (Wildman–Crippen MR) is 294 cm³/mol. The molecule has 0 atom stereocenters. The van der Waals surface area contributed by atoms with E-state index in [2.05, 4.69) is 187 Å². The van der Waals surface area contributed by atoms with E-state index in [-0.39, 0.29) is 71.2 Å². The van der Waals surface area contributed by atoms with Gasteiger partial charge in [-0.3, -0.25) is 19.2 Å². The number of carbonyl (C=O) groups is 4.